The van der Waals surface area contributed by atoms with E-state index >= 15 is 0 Å². The van der Waals surface area contributed by atoms with E-state index in [9.17, 15) is 4.39 Å². The van der Waals surface area contributed by atoms with Gasteiger partial charge in [-0.05, 0) is 26.0 Å². The second kappa shape index (κ2) is 5.22. The quantitative estimate of drug-likeness (QED) is 0.851. The Morgan fingerprint density at radius 3 is 2.47 bits per heavy atom. The van der Waals surface area contributed by atoms with Crippen molar-refractivity contribution in [1.29, 1.82) is 0 Å². The van der Waals surface area contributed by atoms with Gasteiger partial charge >= 0.3 is 0 Å². The van der Waals surface area contributed by atoms with Crippen LogP contribution >= 0.6 is 0 Å². The van der Waals surface area contributed by atoms with Crippen LogP contribution in [-0.2, 0) is 0 Å². The van der Waals surface area contributed by atoms with E-state index in [2.05, 4.69) is 9.97 Å². The predicted molar refractivity (Wildman–Crippen MR) is 72.5 cm³/mol. The fourth-order valence-corrected chi connectivity index (χ4v) is 1.87. The highest BCUT2D eigenvalue weighted by Gasteiger charge is 2.10. The van der Waals surface area contributed by atoms with Crippen LogP contribution < -0.4 is 9.64 Å². The summed E-state index contributed by atoms with van der Waals surface area (Å²) in [7, 11) is 3.28. The third kappa shape index (κ3) is 2.81. The van der Waals surface area contributed by atoms with Gasteiger partial charge in [0, 0.05) is 30.6 Å². The molecule has 19 heavy (non-hydrogen) atoms. The SMILES string of the molecule is COc1ccc(N(C)c2cc(C)nc(C)n2)cc1F. The lowest BCUT2D eigenvalue weighted by molar-refractivity contribution is 0.386. The van der Waals surface area contributed by atoms with E-state index in [1.807, 2.05) is 31.9 Å². The molecule has 0 unspecified atom stereocenters. The first kappa shape index (κ1) is 13.3. The highest BCUT2D eigenvalue weighted by molar-refractivity contribution is 5.60. The zero-order valence-electron chi connectivity index (χ0n) is 11.4. The van der Waals surface area contributed by atoms with Gasteiger partial charge < -0.3 is 9.64 Å². The van der Waals surface area contributed by atoms with Crippen molar-refractivity contribution >= 4 is 11.5 Å². The normalized spacial score (nSPS) is 10.4. The fraction of sp³-hybridized carbons (Fsp3) is 0.286. The molecule has 1 aromatic heterocycles. The molecule has 0 fully saturated rings. The predicted octanol–water partition coefficient (Wildman–Crippen LogP) is 3.01. The topological polar surface area (TPSA) is 38.2 Å². The summed E-state index contributed by atoms with van der Waals surface area (Å²) < 4.78 is 18.6. The molecule has 1 aromatic carbocycles. The lowest BCUT2D eigenvalue weighted by atomic mass is 10.2. The standard InChI is InChI=1S/C14H16FN3O/c1-9-7-14(17-10(2)16-9)18(3)11-5-6-13(19-4)12(15)8-11/h5-8H,1-4H3. The molecule has 2 rings (SSSR count). The molecular weight excluding hydrogens is 245 g/mol. The molecular formula is C14H16FN3O. The Balaban J connectivity index is 2.38. The molecule has 0 aliphatic carbocycles. The highest BCUT2D eigenvalue weighted by Crippen LogP contribution is 2.27. The Kier molecular flexibility index (Phi) is 3.64. The Labute approximate surface area is 111 Å². The first-order valence-corrected chi connectivity index (χ1v) is 5.91. The maximum Gasteiger partial charge on any atom is 0.167 e. The van der Waals surface area contributed by atoms with Crippen molar-refractivity contribution < 1.29 is 9.13 Å². The van der Waals surface area contributed by atoms with E-state index in [0.29, 0.717) is 11.5 Å². The van der Waals surface area contributed by atoms with Crippen LogP contribution in [0.4, 0.5) is 15.9 Å². The van der Waals surface area contributed by atoms with Gasteiger partial charge in [0.25, 0.3) is 0 Å². The van der Waals surface area contributed by atoms with Crippen molar-refractivity contribution in [3.05, 3.63) is 41.6 Å². The third-order valence-corrected chi connectivity index (χ3v) is 2.82. The number of methoxy groups -OCH3 is 1. The van der Waals surface area contributed by atoms with E-state index < -0.39 is 5.82 Å². The van der Waals surface area contributed by atoms with Gasteiger partial charge in [0.05, 0.1) is 7.11 Å². The summed E-state index contributed by atoms with van der Waals surface area (Å²) in [5.41, 5.74) is 1.58. The summed E-state index contributed by atoms with van der Waals surface area (Å²) >= 11 is 0. The average molecular weight is 261 g/mol. The van der Waals surface area contributed by atoms with Crippen LogP contribution in [-0.4, -0.2) is 24.1 Å². The van der Waals surface area contributed by atoms with Crippen molar-refractivity contribution in [1.82, 2.24) is 9.97 Å². The summed E-state index contributed by atoms with van der Waals surface area (Å²) in [5, 5.41) is 0. The lowest BCUT2D eigenvalue weighted by Gasteiger charge is -2.19. The van der Waals surface area contributed by atoms with E-state index in [1.165, 1.54) is 13.2 Å². The number of aryl methyl sites for hydroxylation is 2. The van der Waals surface area contributed by atoms with E-state index in [0.717, 1.165) is 11.5 Å². The van der Waals surface area contributed by atoms with Gasteiger partial charge in [-0.1, -0.05) is 0 Å². The molecule has 0 saturated heterocycles. The van der Waals surface area contributed by atoms with E-state index in [-0.39, 0.29) is 5.75 Å². The summed E-state index contributed by atoms with van der Waals surface area (Å²) in [6.07, 6.45) is 0. The zero-order valence-corrected chi connectivity index (χ0v) is 11.4. The smallest absolute Gasteiger partial charge is 0.167 e. The fourth-order valence-electron chi connectivity index (χ4n) is 1.87. The van der Waals surface area contributed by atoms with Crippen LogP contribution in [0, 0.1) is 19.7 Å². The molecule has 0 radical (unpaired) electrons. The van der Waals surface area contributed by atoms with Crippen LogP contribution in [0.25, 0.3) is 0 Å². The van der Waals surface area contributed by atoms with Gasteiger partial charge in [-0.15, -0.1) is 0 Å². The number of hydrogen-bond acceptors (Lipinski definition) is 4. The maximum atomic E-state index is 13.7. The van der Waals surface area contributed by atoms with Crippen molar-refractivity contribution in [2.75, 3.05) is 19.1 Å². The van der Waals surface area contributed by atoms with Crippen LogP contribution in [0.5, 0.6) is 5.75 Å². The Morgan fingerprint density at radius 1 is 1.16 bits per heavy atom. The molecule has 0 aliphatic heterocycles. The first-order valence-electron chi connectivity index (χ1n) is 5.91. The monoisotopic (exact) mass is 261 g/mol. The van der Waals surface area contributed by atoms with Crippen LogP contribution in [0.15, 0.2) is 24.3 Å². The number of ether oxygens (including phenoxy) is 1. The Morgan fingerprint density at radius 2 is 1.89 bits per heavy atom. The molecule has 0 aliphatic rings. The molecule has 0 amide bonds. The number of anilines is 2. The largest absolute Gasteiger partial charge is 0.494 e. The number of hydrogen-bond donors (Lipinski definition) is 0. The molecule has 1 heterocycles. The summed E-state index contributed by atoms with van der Waals surface area (Å²) in [6.45, 7) is 3.74. The van der Waals surface area contributed by atoms with Gasteiger partial charge in [0.15, 0.2) is 11.6 Å². The molecule has 100 valence electrons. The summed E-state index contributed by atoms with van der Waals surface area (Å²) in [5.74, 6) is 1.26. The minimum atomic E-state index is -0.394. The number of benzene rings is 1. The van der Waals surface area contributed by atoms with Crippen molar-refractivity contribution in [2.45, 2.75) is 13.8 Å². The number of rotatable bonds is 3. The Hall–Kier alpha value is -2.17. The third-order valence-electron chi connectivity index (χ3n) is 2.82. The minimum Gasteiger partial charge on any atom is -0.494 e. The lowest BCUT2D eigenvalue weighted by Crippen LogP contribution is -2.13. The van der Waals surface area contributed by atoms with Crippen LogP contribution in [0.1, 0.15) is 11.5 Å². The Bertz CT molecular complexity index is 581. The van der Waals surface area contributed by atoms with Gasteiger partial charge in [0.2, 0.25) is 0 Å². The number of nitrogens with zero attached hydrogens (tertiary/aromatic N) is 3. The van der Waals surface area contributed by atoms with Gasteiger partial charge in [-0.25, -0.2) is 14.4 Å². The van der Waals surface area contributed by atoms with Gasteiger partial charge in [-0.2, -0.15) is 0 Å². The van der Waals surface area contributed by atoms with Crippen LogP contribution in [0.3, 0.4) is 0 Å². The second-order valence-electron chi connectivity index (χ2n) is 4.29. The molecule has 0 saturated carbocycles. The molecule has 4 nitrogen and oxygen atoms in total. The second-order valence-corrected chi connectivity index (χ2v) is 4.29. The maximum absolute atomic E-state index is 13.7. The summed E-state index contributed by atoms with van der Waals surface area (Å²) in [4.78, 5) is 10.4. The number of halogens is 1. The van der Waals surface area contributed by atoms with Crippen molar-refractivity contribution in [2.24, 2.45) is 0 Å². The van der Waals surface area contributed by atoms with Gasteiger partial charge in [0.1, 0.15) is 11.6 Å². The average Bonchev–Trinajstić information content (AvgIpc) is 2.36. The minimum absolute atomic E-state index is 0.229. The number of aromatic nitrogens is 2. The zero-order chi connectivity index (χ0) is 14.0. The van der Waals surface area contributed by atoms with E-state index in [1.54, 1.807) is 12.1 Å². The molecule has 0 bridgehead atoms. The van der Waals surface area contributed by atoms with Crippen molar-refractivity contribution in [3.8, 4) is 5.75 Å². The van der Waals surface area contributed by atoms with Crippen molar-refractivity contribution in [3.63, 3.8) is 0 Å². The van der Waals surface area contributed by atoms with E-state index in [4.69, 9.17) is 4.74 Å². The highest BCUT2D eigenvalue weighted by atomic mass is 19.1. The summed E-state index contributed by atoms with van der Waals surface area (Å²) in [6, 6.07) is 6.66. The molecule has 0 spiro atoms. The molecule has 0 N–H and O–H groups in total. The first-order chi connectivity index (χ1) is 9.01. The molecule has 0 atom stereocenters. The molecule has 5 heteroatoms. The molecule has 2 aromatic rings. The van der Waals surface area contributed by atoms with Crippen LogP contribution in [0.2, 0.25) is 0 Å². The van der Waals surface area contributed by atoms with Gasteiger partial charge in [-0.3, -0.25) is 0 Å².